The van der Waals surface area contributed by atoms with Crippen LogP contribution in [-0.4, -0.2) is 64.4 Å². The van der Waals surface area contributed by atoms with Gasteiger partial charge in [-0.3, -0.25) is 4.79 Å². The number of allylic oxidation sites excluding steroid dienone is 4. The second-order valence-corrected chi connectivity index (χ2v) is 18.1. The van der Waals surface area contributed by atoms with E-state index < -0.39 is 16.4 Å². The summed E-state index contributed by atoms with van der Waals surface area (Å²) in [6, 6.07) is 9.71. The second-order valence-electron chi connectivity index (χ2n) is 18.1. The number of rotatable bonds is 8. The first-order chi connectivity index (χ1) is 23.9. The van der Waals surface area contributed by atoms with Crippen molar-refractivity contribution in [3.8, 4) is 0 Å². The Labute approximate surface area is 299 Å². The van der Waals surface area contributed by atoms with Gasteiger partial charge in [-0.25, -0.2) is 4.79 Å². The van der Waals surface area contributed by atoms with Crippen LogP contribution in [0.5, 0.6) is 0 Å². The lowest BCUT2D eigenvalue weighted by atomic mass is 9.32. The molecule has 2 bridgehead atoms. The summed E-state index contributed by atoms with van der Waals surface area (Å²) in [7, 11) is 0. The summed E-state index contributed by atoms with van der Waals surface area (Å²) in [6.45, 7) is 8.16. The number of benzene rings is 1. The van der Waals surface area contributed by atoms with Crippen LogP contribution in [0.25, 0.3) is 0 Å². The monoisotopic (exact) mass is 684 g/mol. The molecule has 1 aliphatic heterocycles. The quantitative estimate of drug-likeness (QED) is 0.244. The van der Waals surface area contributed by atoms with Gasteiger partial charge in [-0.15, -0.1) is 0 Å². The number of fused-ring (bicyclic) bond motifs is 1. The molecular formula is C43H60N2O5. The lowest BCUT2D eigenvalue weighted by Gasteiger charge is -2.71. The number of nitrogens with one attached hydrogen (secondary N) is 1. The fraction of sp³-hybridized carbons (Fsp3) is 0.721. The van der Waals surface area contributed by atoms with Crippen molar-refractivity contribution in [2.45, 2.75) is 135 Å². The predicted octanol–water partition coefficient (Wildman–Crippen LogP) is 7.68. The topological polar surface area (TPSA) is 99.1 Å². The number of hydrogen-bond acceptors (Lipinski definition) is 5. The van der Waals surface area contributed by atoms with Crippen LogP contribution >= 0.6 is 0 Å². The lowest BCUT2D eigenvalue weighted by molar-refractivity contribution is -0.178. The molecule has 0 radical (unpaired) electrons. The summed E-state index contributed by atoms with van der Waals surface area (Å²) in [6.07, 6.45) is 19.8. The third-order valence-electron chi connectivity index (χ3n) is 15.8. The van der Waals surface area contributed by atoms with Crippen molar-refractivity contribution < 1.29 is 24.5 Å². The van der Waals surface area contributed by atoms with Crippen molar-refractivity contribution in [3.63, 3.8) is 0 Å². The number of ketones is 1. The van der Waals surface area contributed by atoms with Gasteiger partial charge >= 0.3 is 6.03 Å². The number of urea groups is 1. The summed E-state index contributed by atoms with van der Waals surface area (Å²) >= 11 is 0. The Morgan fingerprint density at radius 1 is 0.920 bits per heavy atom. The van der Waals surface area contributed by atoms with E-state index in [-0.39, 0.29) is 53.5 Å². The number of carbonyl (C=O) groups excluding carboxylic acids is 2. The van der Waals surface area contributed by atoms with E-state index in [0.29, 0.717) is 37.7 Å². The van der Waals surface area contributed by atoms with E-state index in [1.165, 1.54) is 6.42 Å². The van der Waals surface area contributed by atoms with Gasteiger partial charge in [-0.2, -0.15) is 0 Å². The molecular weight excluding hydrogens is 624 g/mol. The van der Waals surface area contributed by atoms with Crippen LogP contribution in [0.4, 0.5) is 4.79 Å². The van der Waals surface area contributed by atoms with Gasteiger partial charge in [0, 0.05) is 40.9 Å². The Kier molecular flexibility index (Phi) is 8.71. The van der Waals surface area contributed by atoms with E-state index in [2.05, 4.69) is 37.4 Å². The first-order valence-corrected chi connectivity index (χ1v) is 20.1. The molecule has 9 rings (SSSR count). The van der Waals surface area contributed by atoms with Crippen LogP contribution < -0.4 is 5.32 Å². The zero-order chi connectivity index (χ0) is 34.9. The standard InChI is InChI=1S/C43H60N2O5/c1-29(30-11-6-4-7-12-30)44-38(48)45(27-33-15-10-24-50-33)28-42(49)21-18-36-40(42,3)20-17-35-39(2)19-16-32(46)25-41(39)22-23-43(35,36)34(26-41)37(47)31-13-8-5-9-14-31/h4,6-7,11-12,22-23,26,29,31-33,35-36,46,49H,5,8-10,13-21,24-25,27-28H2,1-3H3,(H,44,48)/t29-,32?,33-,35-,36-,39-,40+,41+,42-,43-/m1/s1. The second kappa shape index (κ2) is 12.6. The Bertz CT molecular complexity index is 1530. The fourth-order valence-electron chi connectivity index (χ4n) is 12.9. The predicted molar refractivity (Wildman–Crippen MR) is 194 cm³/mol. The number of nitrogens with zero attached hydrogens (tertiary/aromatic N) is 1. The smallest absolute Gasteiger partial charge is 0.318 e. The fourth-order valence-corrected chi connectivity index (χ4v) is 12.9. The molecule has 10 atom stereocenters. The number of amides is 2. The number of Topliss-reactive ketones (excluding diaryl/α,β-unsaturated/α-hetero) is 1. The van der Waals surface area contributed by atoms with Gasteiger partial charge in [0.15, 0.2) is 5.78 Å². The zero-order valence-corrected chi connectivity index (χ0v) is 30.7. The minimum Gasteiger partial charge on any atom is -0.393 e. The van der Waals surface area contributed by atoms with Gasteiger partial charge < -0.3 is 25.2 Å². The van der Waals surface area contributed by atoms with E-state index in [0.717, 1.165) is 81.8 Å². The molecule has 2 amide bonds. The third kappa shape index (κ3) is 5.14. The van der Waals surface area contributed by atoms with E-state index in [4.69, 9.17) is 4.74 Å². The molecule has 1 aromatic carbocycles. The molecule has 272 valence electrons. The highest BCUT2D eigenvalue weighted by atomic mass is 16.5. The number of carbonyl (C=O) groups is 2. The highest BCUT2D eigenvalue weighted by Crippen LogP contribution is 2.78. The minimum absolute atomic E-state index is 0.0345. The van der Waals surface area contributed by atoms with Crippen molar-refractivity contribution in [3.05, 3.63) is 59.7 Å². The van der Waals surface area contributed by atoms with Crippen LogP contribution in [0.1, 0.15) is 122 Å². The third-order valence-corrected chi connectivity index (χ3v) is 15.8. The highest BCUT2D eigenvalue weighted by molar-refractivity contribution is 6.00. The normalized spacial score (nSPS) is 42.6. The Morgan fingerprint density at radius 3 is 2.38 bits per heavy atom. The molecule has 7 heteroatoms. The first-order valence-electron chi connectivity index (χ1n) is 20.1. The molecule has 5 fully saturated rings. The van der Waals surface area contributed by atoms with Crippen LogP contribution in [-0.2, 0) is 9.53 Å². The average Bonchev–Trinajstić information content (AvgIpc) is 3.73. The van der Waals surface area contributed by atoms with Crippen LogP contribution in [0.2, 0.25) is 0 Å². The van der Waals surface area contributed by atoms with Crippen molar-refractivity contribution in [2.75, 3.05) is 19.7 Å². The van der Waals surface area contributed by atoms with Crippen molar-refractivity contribution in [1.82, 2.24) is 10.2 Å². The molecule has 1 saturated heterocycles. The molecule has 2 spiro atoms. The highest BCUT2D eigenvalue weighted by Gasteiger charge is 2.74. The molecule has 7 nitrogen and oxygen atoms in total. The largest absolute Gasteiger partial charge is 0.393 e. The Balaban J connectivity index is 1.14. The summed E-state index contributed by atoms with van der Waals surface area (Å²) in [5, 5.41) is 27.4. The molecule has 50 heavy (non-hydrogen) atoms. The van der Waals surface area contributed by atoms with Gasteiger partial charge in [0.05, 0.1) is 30.4 Å². The van der Waals surface area contributed by atoms with Crippen molar-refractivity contribution >= 4 is 11.8 Å². The summed E-state index contributed by atoms with van der Waals surface area (Å²) in [5.74, 6) is 0.791. The maximum atomic E-state index is 14.9. The van der Waals surface area contributed by atoms with Gasteiger partial charge in [-0.05, 0) is 100 Å². The number of aliphatic hydroxyl groups is 2. The van der Waals surface area contributed by atoms with E-state index in [1.807, 2.05) is 42.2 Å². The molecule has 1 unspecified atom stereocenters. The van der Waals surface area contributed by atoms with Gasteiger partial charge in [-0.1, -0.05) is 81.7 Å². The van der Waals surface area contributed by atoms with Crippen LogP contribution in [0.3, 0.4) is 0 Å². The lowest BCUT2D eigenvalue weighted by Crippen LogP contribution is -2.68. The van der Waals surface area contributed by atoms with E-state index in [9.17, 15) is 19.8 Å². The Morgan fingerprint density at radius 2 is 1.64 bits per heavy atom. The van der Waals surface area contributed by atoms with Gasteiger partial charge in [0.25, 0.3) is 0 Å². The van der Waals surface area contributed by atoms with Crippen molar-refractivity contribution in [2.24, 2.45) is 39.4 Å². The molecule has 1 aromatic rings. The molecule has 7 aliphatic carbocycles. The molecule has 0 aromatic heterocycles. The number of hydrogen-bond donors (Lipinski definition) is 3. The van der Waals surface area contributed by atoms with Gasteiger partial charge in [0.2, 0.25) is 0 Å². The zero-order valence-electron chi connectivity index (χ0n) is 30.7. The summed E-state index contributed by atoms with van der Waals surface area (Å²) in [4.78, 5) is 30.9. The number of ether oxygens (including phenoxy) is 1. The van der Waals surface area contributed by atoms with E-state index in [1.54, 1.807) is 0 Å². The molecule has 8 aliphatic rings. The van der Waals surface area contributed by atoms with Crippen molar-refractivity contribution in [1.29, 1.82) is 0 Å². The molecule has 4 saturated carbocycles. The van der Waals surface area contributed by atoms with Crippen LogP contribution in [0, 0.1) is 39.4 Å². The summed E-state index contributed by atoms with van der Waals surface area (Å²) < 4.78 is 6.05. The number of aliphatic hydroxyl groups excluding tert-OH is 1. The van der Waals surface area contributed by atoms with Gasteiger partial charge in [0.1, 0.15) is 0 Å². The molecule has 1 heterocycles. The SMILES string of the molecule is C[C@@H](NC(=O)N(C[C@H]1CCCO1)C[C@]1(O)CC[C@H]2[C@]34C=C[C@@]5(C=C3C(=O)C3CCCCC3)CC(O)CC[C@]5(C)[C@H]4CC[C@@]21C)c1ccccc1. The van der Waals surface area contributed by atoms with Crippen LogP contribution in [0.15, 0.2) is 54.1 Å². The average molecular weight is 685 g/mol. The maximum absolute atomic E-state index is 14.9. The summed E-state index contributed by atoms with van der Waals surface area (Å²) in [5.41, 5.74) is -0.315. The Hall–Kier alpha value is -2.48. The van der Waals surface area contributed by atoms with E-state index >= 15 is 0 Å². The minimum atomic E-state index is -1.11. The molecule has 3 N–H and O–H groups in total. The first kappa shape index (κ1) is 34.6. The maximum Gasteiger partial charge on any atom is 0.318 e.